The van der Waals surface area contributed by atoms with E-state index in [1.807, 2.05) is 0 Å². The molecule has 0 fully saturated rings. The van der Waals surface area contributed by atoms with E-state index >= 15 is 0 Å². The zero-order valence-electron chi connectivity index (χ0n) is 5.79. The molecule has 1 rings (SSSR count). The molecule has 10 heavy (non-hydrogen) atoms. The summed E-state index contributed by atoms with van der Waals surface area (Å²) in [5, 5.41) is 8.67. The number of aromatic amines is 1. The molecule has 0 amide bonds. The Morgan fingerprint density at radius 2 is 2.50 bits per heavy atom. The average molecular weight is 140 g/mol. The Morgan fingerprint density at radius 1 is 1.70 bits per heavy atom. The summed E-state index contributed by atoms with van der Waals surface area (Å²) in [6.45, 7) is 0.0111. The monoisotopic (exact) mass is 140 g/mol. The highest BCUT2D eigenvalue weighted by Gasteiger charge is 1.99. The van der Waals surface area contributed by atoms with E-state index in [4.69, 9.17) is 9.84 Å². The van der Waals surface area contributed by atoms with Crippen molar-refractivity contribution in [3.63, 3.8) is 0 Å². The number of hydrogen-bond acceptors (Lipinski definition) is 2. The van der Waals surface area contributed by atoms with E-state index in [0.717, 1.165) is 11.4 Å². The van der Waals surface area contributed by atoms with Crippen molar-refractivity contribution in [1.82, 2.24) is 0 Å². The minimum Gasteiger partial charge on any atom is -0.496 e. The number of nitrogens with one attached hydrogen (secondary N) is 1. The molecule has 54 valence electrons. The predicted octanol–water partition coefficient (Wildman–Crippen LogP) is 0.00160. The number of H-pyrrole nitrogens is 1. The topological polar surface area (TPSA) is 43.6 Å². The minimum atomic E-state index is 0.0111. The molecule has 0 saturated heterocycles. The van der Waals surface area contributed by atoms with Gasteiger partial charge in [-0.3, -0.25) is 0 Å². The van der Waals surface area contributed by atoms with E-state index in [1.165, 1.54) is 0 Å². The molecule has 1 heterocycles. The number of ether oxygens (including phenoxy) is 1. The summed E-state index contributed by atoms with van der Waals surface area (Å²) in [6, 6.07) is 3.54. The highest BCUT2D eigenvalue weighted by Crippen LogP contribution is 2.06. The van der Waals surface area contributed by atoms with Gasteiger partial charge in [0.1, 0.15) is 12.4 Å². The second-order valence-corrected chi connectivity index (χ2v) is 1.91. The molecular weight excluding hydrogens is 130 g/mol. The zero-order valence-corrected chi connectivity index (χ0v) is 5.79. The van der Waals surface area contributed by atoms with Crippen molar-refractivity contribution < 1.29 is 14.8 Å². The van der Waals surface area contributed by atoms with Gasteiger partial charge in [-0.1, -0.05) is 0 Å². The first kappa shape index (κ1) is 7.02. The van der Waals surface area contributed by atoms with Crippen LogP contribution in [0.5, 0.6) is 5.75 Å². The van der Waals surface area contributed by atoms with Crippen LogP contribution in [0.3, 0.4) is 0 Å². The summed E-state index contributed by atoms with van der Waals surface area (Å²) in [5.74, 6) is 0.753. The van der Waals surface area contributed by atoms with Gasteiger partial charge in [0, 0.05) is 12.1 Å². The summed E-state index contributed by atoms with van der Waals surface area (Å²) < 4.78 is 4.93. The molecule has 2 N–H and O–H groups in total. The lowest BCUT2D eigenvalue weighted by Gasteiger charge is -1.95. The minimum absolute atomic E-state index is 0.0111. The van der Waals surface area contributed by atoms with Gasteiger partial charge in [-0.2, -0.15) is 0 Å². The predicted molar refractivity (Wildman–Crippen MR) is 35.5 cm³/mol. The second kappa shape index (κ2) is 3.17. The van der Waals surface area contributed by atoms with Gasteiger partial charge in [-0.05, 0) is 0 Å². The van der Waals surface area contributed by atoms with Crippen LogP contribution >= 0.6 is 0 Å². The maximum absolute atomic E-state index is 8.67. The fourth-order valence-electron chi connectivity index (χ4n) is 0.711. The molecule has 0 aliphatic heterocycles. The Morgan fingerprint density at radius 3 is 3.10 bits per heavy atom. The van der Waals surface area contributed by atoms with Crippen LogP contribution in [0, 0.1) is 0 Å². The summed E-state index contributed by atoms with van der Waals surface area (Å²) >= 11 is 0. The Bertz CT molecular complexity index is 193. The van der Waals surface area contributed by atoms with E-state index in [0.29, 0.717) is 0 Å². The van der Waals surface area contributed by atoms with Crippen LogP contribution in [0.15, 0.2) is 18.3 Å². The van der Waals surface area contributed by atoms with Crippen LogP contribution < -0.4 is 9.72 Å². The second-order valence-electron chi connectivity index (χ2n) is 1.91. The van der Waals surface area contributed by atoms with Crippen LogP contribution in [-0.2, 0) is 6.61 Å². The number of pyridine rings is 1. The number of aliphatic hydroxyl groups is 1. The standard InChI is InChI=1S/C7H9NO2/c1-10-7-2-3-8-6(4-7)5-9/h2-4,9H,5H2,1H3/p+1. The number of rotatable bonds is 2. The summed E-state index contributed by atoms with van der Waals surface area (Å²) in [7, 11) is 1.59. The molecule has 0 bridgehead atoms. The van der Waals surface area contributed by atoms with Gasteiger partial charge in [-0.15, -0.1) is 0 Å². The molecule has 0 aliphatic carbocycles. The lowest BCUT2D eigenvalue weighted by Crippen LogP contribution is -2.09. The zero-order chi connectivity index (χ0) is 7.40. The first-order chi connectivity index (χ1) is 4.86. The molecule has 0 atom stereocenters. The molecule has 0 saturated carbocycles. The highest BCUT2D eigenvalue weighted by atomic mass is 16.5. The van der Waals surface area contributed by atoms with Crippen molar-refractivity contribution in [1.29, 1.82) is 0 Å². The average Bonchev–Trinajstić information content (AvgIpc) is 2.05. The van der Waals surface area contributed by atoms with E-state index in [1.54, 1.807) is 25.4 Å². The van der Waals surface area contributed by atoms with Gasteiger partial charge in [0.2, 0.25) is 5.69 Å². The van der Waals surface area contributed by atoms with Gasteiger partial charge < -0.3 is 9.84 Å². The Balaban J connectivity index is 2.87. The lowest BCUT2D eigenvalue weighted by molar-refractivity contribution is -0.395. The molecule has 1 aromatic heterocycles. The largest absolute Gasteiger partial charge is 0.496 e. The first-order valence-corrected chi connectivity index (χ1v) is 3.02. The smallest absolute Gasteiger partial charge is 0.209 e. The third kappa shape index (κ3) is 1.45. The van der Waals surface area contributed by atoms with Crippen LogP contribution in [0.1, 0.15) is 5.69 Å². The van der Waals surface area contributed by atoms with Crippen molar-refractivity contribution in [2.75, 3.05) is 7.11 Å². The number of hydrogen-bond donors (Lipinski definition) is 1. The van der Waals surface area contributed by atoms with Crippen molar-refractivity contribution >= 4 is 0 Å². The molecule has 0 radical (unpaired) electrons. The van der Waals surface area contributed by atoms with E-state index in [9.17, 15) is 0 Å². The van der Waals surface area contributed by atoms with E-state index in [2.05, 4.69) is 4.98 Å². The van der Waals surface area contributed by atoms with Gasteiger partial charge in [0.25, 0.3) is 0 Å². The molecule has 1 aromatic rings. The highest BCUT2D eigenvalue weighted by molar-refractivity contribution is 5.18. The number of aliphatic hydroxyl groups excluding tert-OH is 1. The van der Waals surface area contributed by atoms with Gasteiger partial charge in [-0.25, -0.2) is 4.98 Å². The van der Waals surface area contributed by atoms with Gasteiger partial charge in [0.15, 0.2) is 6.20 Å². The van der Waals surface area contributed by atoms with Crippen LogP contribution in [0.2, 0.25) is 0 Å². The maximum atomic E-state index is 8.67. The summed E-state index contributed by atoms with van der Waals surface area (Å²) in [5.41, 5.74) is 0.749. The number of aromatic nitrogens is 1. The molecule has 3 heteroatoms. The molecule has 0 aromatic carbocycles. The lowest BCUT2D eigenvalue weighted by atomic mass is 10.3. The summed E-state index contributed by atoms with van der Waals surface area (Å²) in [4.78, 5) is 2.86. The molecule has 0 aliphatic rings. The number of methoxy groups -OCH3 is 1. The third-order valence-electron chi connectivity index (χ3n) is 1.24. The fraction of sp³-hybridized carbons (Fsp3) is 0.286. The van der Waals surface area contributed by atoms with Crippen LogP contribution in [0.4, 0.5) is 0 Å². The molecule has 0 unspecified atom stereocenters. The van der Waals surface area contributed by atoms with Crippen molar-refractivity contribution in [2.24, 2.45) is 0 Å². The van der Waals surface area contributed by atoms with Crippen molar-refractivity contribution in [3.05, 3.63) is 24.0 Å². The maximum Gasteiger partial charge on any atom is 0.209 e. The Labute approximate surface area is 59.3 Å². The van der Waals surface area contributed by atoms with Crippen molar-refractivity contribution in [3.8, 4) is 5.75 Å². The summed E-state index contributed by atoms with van der Waals surface area (Å²) in [6.07, 6.45) is 1.73. The van der Waals surface area contributed by atoms with E-state index in [-0.39, 0.29) is 6.61 Å². The van der Waals surface area contributed by atoms with Crippen molar-refractivity contribution in [2.45, 2.75) is 6.61 Å². The first-order valence-electron chi connectivity index (χ1n) is 3.02. The Kier molecular flexibility index (Phi) is 2.23. The quantitative estimate of drug-likeness (QED) is 0.628. The van der Waals surface area contributed by atoms with Crippen LogP contribution in [0.25, 0.3) is 0 Å². The van der Waals surface area contributed by atoms with Gasteiger partial charge >= 0.3 is 0 Å². The molecular formula is C7H10NO2+. The fourth-order valence-corrected chi connectivity index (χ4v) is 0.711. The molecule has 0 spiro atoms. The normalized spacial score (nSPS) is 9.40. The Hall–Kier alpha value is -1.09. The third-order valence-corrected chi connectivity index (χ3v) is 1.24. The SMILES string of the molecule is COc1cc[nH+]c(CO)c1. The molecule has 3 nitrogen and oxygen atoms in total. The van der Waals surface area contributed by atoms with E-state index < -0.39 is 0 Å². The van der Waals surface area contributed by atoms with Gasteiger partial charge in [0.05, 0.1) is 7.11 Å². The van der Waals surface area contributed by atoms with Crippen LogP contribution in [-0.4, -0.2) is 12.2 Å².